The molecule has 13 nitrogen and oxygen atoms in total. The summed E-state index contributed by atoms with van der Waals surface area (Å²) in [6, 6.07) is 0. The third kappa shape index (κ3) is 17.4. The van der Waals surface area contributed by atoms with E-state index in [1.807, 2.05) is 0 Å². The van der Waals surface area contributed by atoms with Gasteiger partial charge in [0.2, 0.25) is 11.2 Å². The minimum atomic E-state index is -4.81. The molecule has 1 unspecified atom stereocenters. The van der Waals surface area contributed by atoms with Crippen molar-refractivity contribution in [3.05, 3.63) is 0 Å². The van der Waals surface area contributed by atoms with Gasteiger partial charge in [-0.1, -0.05) is 0 Å². The zero-order valence-corrected chi connectivity index (χ0v) is 18.7. The molecule has 182 valence electrons. The number of rotatable bonds is 16. The summed E-state index contributed by atoms with van der Waals surface area (Å²) < 4.78 is 51.3. The zero-order chi connectivity index (χ0) is 23.9. The van der Waals surface area contributed by atoms with E-state index in [1.165, 1.54) is 0 Å². The standard InChI is InChI=1S/C17H32N2O11S/c1-17(2,3)30-16(23)18-5-7-28-9-11-29-10-8-27-6-4-14(20)19-12-13(15(21)22)31(24,25)26/h13H,4-12H2,1-3H3,(H,18,23)(H,19,20)(H,21,22)(H,24,25,26). The van der Waals surface area contributed by atoms with E-state index in [4.69, 9.17) is 28.6 Å². The van der Waals surface area contributed by atoms with Crippen LogP contribution in [-0.4, -0.2) is 99.6 Å². The number of carbonyl (C=O) groups excluding carboxylic acids is 2. The van der Waals surface area contributed by atoms with E-state index < -0.39 is 45.5 Å². The summed E-state index contributed by atoms with van der Waals surface area (Å²) in [6.07, 6.45) is -0.635. The largest absolute Gasteiger partial charge is 0.480 e. The highest BCUT2D eigenvalue weighted by Crippen LogP contribution is 2.06. The summed E-state index contributed by atoms with van der Waals surface area (Å²) in [5.74, 6) is -2.39. The number of hydrogen-bond donors (Lipinski definition) is 4. The third-order valence-corrected chi connectivity index (χ3v) is 4.34. The van der Waals surface area contributed by atoms with Gasteiger partial charge in [0.1, 0.15) is 5.60 Å². The molecule has 0 rings (SSSR count). The fourth-order valence-electron chi connectivity index (χ4n) is 1.86. The van der Waals surface area contributed by atoms with Gasteiger partial charge in [-0.3, -0.25) is 14.1 Å². The van der Waals surface area contributed by atoms with Crippen LogP contribution in [0.25, 0.3) is 0 Å². The van der Waals surface area contributed by atoms with Gasteiger partial charge >= 0.3 is 12.1 Å². The lowest BCUT2D eigenvalue weighted by Crippen LogP contribution is -2.41. The molecular weight excluding hydrogens is 440 g/mol. The van der Waals surface area contributed by atoms with Crippen LogP contribution in [0.4, 0.5) is 4.79 Å². The van der Waals surface area contributed by atoms with Gasteiger partial charge in [-0.15, -0.1) is 0 Å². The molecule has 0 aliphatic heterocycles. The molecular formula is C17H32N2O11S. The van der Waals surface area contributed by atoms with E-state index in [2.05, 4.69) is 10.6 Å². The Hall–Kier alpha value is -2.00. The summed E-state index contributed by atoms with van der Waals surface area (Å²) in [5, 5.41) is 11.2. The molecule has 0 aromatic heterocycles. The van der Waals surface area contributed by atoms with E-state index in [-0.39, 0.29) is 26.2 Å². The summed E-state index contributed by atoms with van der Waals surface area (Å²) in [7, 11) is -4.81. The van der Waals surface area contributed by atoms with E-state index in [9.17, 15) is 22.8 Å². The van der Waals surface area contributed by atoms with Crippen molar-refractivity contribution in [2.75, 3.05) is 52.7 Å². The number of amides is 2. The SMILES string of the molecule is CC(C)(C)OC(=O)NCCOCCOCCOCCC(=O)NCC(C(=O)O)S(=O)(=O)O. The van der Waals surface area contributed by atoms with Gasteiger partial charge in [0, 0.05) is 19.5 Å². The average Bonchev–Trinajstić information content (AvgIpc) is 2.59. The number of carbonyl (C=O) groups is 3. The summed E-state index contributed by atoms with van der Waals surface area (Å²) in [4.78, 5) is 33.6. The summed E-state index contributed by atoms with van der Waals surface area (Å²) >= 11 is 0. The van der Waals surface area contributed by atoms with Crippen LogP contribution >= 0.6 is 0 Å². The number of hydrogen-bond acceptors (Lipinski definition) is 9. The second kappa shape index (κ2) is 14.9. The minimum absolute atomic E-state index is 0.0195. The fraction of sp³-hybridized carbons (Fsp3) is 0.824. The second-order valence-corrected chi connectivity index (χ2v) is 8.76. The van der Waals surface area contributed by atoms with Gasteiger partial charge in [0.15, 0.2) is 0 Å². The molecule has 0 saturated carbocycles. The molecule has 0 aromatic carbocycles. The maximum absolute atomic E-state index is 11.5. The van der Waals surface area contributed by atoms with Crippen LogP contribution in [0, 0.1) is 0 Å². The third-order valence-electron chi connectivity index (χ3n) is 3.25. The number of carboxylic acids is 1. The van der Waals surface area contributed by atoms with Crippen molar-refractivity contribution in [3.63, 3.8) is 0 Å². The summed E-state index contributed by atoms with van der Waals surface area (Å²) in [5.41, 5.74) is -0.558. The van der Waals surface area contributed by atoms with Crippen molar-refractivity contribution in [2.24, 2.45) is 0 Å². The van der Waals surface area contributed by atoms with Crippen molar-refractivity contribution >= 4 is 28.1 Å². The molecule has 4 N–H and O–H groups in total. The van der Waals surface area contributed by atoms with Crippen LogP contribution in [0.2, 0.25) is 0 Å². The maximum Gasteiger partial charge on any atom is 0.407 e. The Morgan fingerprint density at radius 1 is 0.903 bits per heavy atom. The Kier molecular flexibility index (Phi) is 13.9. The Balaban J connectivity index is 3.57. The monoisotopic (exact) mass is 472 g/mol. The van der Waals surface area contributed by atoms with Gasteiger partial charge in [0.25, 0.3) is 10.1 Å². The van der Waals surface area contributed by atoms with Crippen molar-refractivity contribution in [2.45, 2.75) is 38.0 Å². The lowest BCUT2D eigenvalue weighted by atomic mass is 10.2. The normalized spacial score (nSPS) is 12.8. The van der Waals surface area contributed by atoms with E-state index in [0.717, 1.165) is 0 Å². The number of alkyl carbamates (subject to hydrolysis) is 1. The van der Waals surface area contributed by atoms with Crippen LogP contribution in [-0.2, 0) is 38.7 Å². The number of aliphatic carboxylic acids is 1. The molecule has 0 bridgehead atoms. The minimum Gasteiger partial charge on any atom is -0.480 e. The molecule has 0 spiro atoms. The van der Waals surface area contributed by atoms with Crippen LogP contribution in [0.15, 0.2) is 0 Å². The molecule has 0 aliphatic carbocycles. The van der Waals surface area contributed by atoms with Crippen molar-refractivity contribution in [1.29, 1.82) is 0 Å². The number of nitrogens with one attached hydrogen (secondary N) is 2. The quantitative estimate of drug-likeness (QED) is 0.166. The Labute approximate surface area is 181 Å². The Bertz CT molecular complexity index is 661. The molecule has 0 radical (unpaired) electrons. The molecule has 0 heterocycles. The first-order valence-corrected chi connectivity index (χ1v) is 11.0. The molecule has 0 aliphatic rings. The molecule has 2 amide bonds. The first-order valence-electron chi connectivity index (χ1n) is 9.49. The molecule has 1 atom stereocenters. The second-order valence-electron chi connectivity index (χ2n) is 7.16. The zero-order valence-electron chi connectivity index (χ0n) is 17.9. The molecule has 0 saturated heterocycles. The van der Waals surface area contributed by atoms with Gasteiger partial charge in [-0.05, 0) is 20.8 Å². The molecule has 31 heavy (non-hydrogen) atoms. The Morgan fingerprint density at radius 3 is 1.90 bits per heavy atom. The predicted octanol–water partition coefficient (Wildman–Crippen LogP) is -0.592. The molecule has 14 heteroatoms. The summed E-state index contributed by atoms with van der Waals surface area (Å²) in [6.45, 7) is 6.26. The van der Waals surface area contributed by atoms with Gasteiger partial charge in [-0.25, -0.2) is 4.79 Å². The van der Waals surface area contributed by atoms with Crippen molar-refractivity contribution < 1.29 is 51.4 Å². The Morgan fingerprint density at radius 2 is 1.42 bits per heavy atom. The van der Waals surface area contributed by atoms with Gasteiger partial charge < -0.3 is 34.7 Å². The molecule has 0 fully saturated rings. The van der Waals surface area contributed by atoms with Crippen molar-refractivity contribution in [3.8, 4) is 0 Å². The topological polar surface area (TPSA) is 187 Å². The van der Waals surface area contributed by atoms with Gasteiger partial charge in [-0.2, -0.15) is 8.42 Å². The highest BCUT2D eigenvalue weighted by atomic mass is 32.2. The van der Waals surface area contributed by atoms with Crippen LogP contribution in [0.1, 0.15) is 27.2 Å². The van der Waals surface area contributed by atoms with E-state index >= 15 is 0 Å². The first-order chi connectivity index (χ1) is 14.3. The highest BCUT2D eigenvalue weighted by molar-refractivity contribution is 7.87. The van der Waals surface area contributed by atoms with E-state index in [0.29, 0.717) is 26.4 Å². The number of ether oxygens (including phenoxy) is 4. The maximum atomic E-state index is 11.5. The molecule has 0 aromatic rings. The first kappa shape index (κ1) is 29.0. The van der Waals surface area contributed by atoms with Crippen LogP contribution < -0.4 is 10.6 Å². The average molecular weight is 473 g/mol. The predicted molar refractivity (Wildman–Crippen MR) is 107 cm³/mol. The van der Waals surface area contributed by atoms with Crippen molar-refractivity contribution in [1.82, 2.24) is 10.6 Å². The fourth-order valence-corrected chi connectivity index (χ4v) is 2.41. The van der Waals surface area contributed by atoms with Gasteiger partial charge in [0.05, 0.1) is 39.6 Å². The smallest absolute Gasteiger partial charge is 0.407 e. The van der Waals surface area contributed by atoms with E-state index in [1.54, 1.807) is 20.8 Å². The number of carboxylic acid groups (broad SMARTS) is 1. The van der Waals surface area contributed by atoms with Crippen LogP contribution in [0.5, 0.6) is 0 Å². The lowest BCUT2D eigenvalue weighted by Gasteiger charge is -2.19. The highest BCUT2D eigenvalue weighted by Gasteiger charge is 2.31. The lowest BCUT2D eigenvalue weighted by molar-refractivity contribution is -0.136. The van der Waals surface area contributed by atoms with Crippen LogP contribution in [0.3, 0.4) is 0 Å².